The molecule has 1 aliphatic heterocycles. The van der Waals surface area contributed by atoms with E-state index in [2.05, 4.69) is 9.97 Å². The molecule has 2 heterocycles. The van der Waals surface area contributed by atoms with E-state index in [4.69, 9.17) is 0 Å². The van der Waals surface area contributed by atoms with Crippen LogP contribution in [-0.2, 0) is 16.9 Å². The lowest BCUT2D eigenvalue weighted by Crippen LogP contribution is -2.52. The summed E-state index contributed by atoms with van der Waals surface area (Å²) in [4.78, 5) is 24.9. The van der Waals surface area contributed by atoms with Crippen LogP contribution in [0.3, 0.4) is 0 Å². The Morgan fingerprint density at radius 3 is 2.80 bits per heavy atom. The van der Waals surface area contributed by atoms with Crippen LogP contribution in [0, 0.1) is 11.6 Å². The molecule has 0 saturated carbocycles. The molecule has 2 aromatic rings. The molecule has 0 aliphatic carbocycles. The minimum absolute atomic E-state index is 0.125. The van der Waals surface area contributed by atoms with Gasteiger partial charge in [-0.05, 0) is 37.6 Å². The molecule has 1 fully saturated rings. The van der Waals surface area contributed by atoms with Gasteiger partial charge in [-0.3, -0.25) is 19.7 Å². The van der Waals surface area contributed by atoms with E-state index in [0.29, 0.717) is 18.7 Å². The van der Waals surface area contributed by atoms with Gasteiger partial charge < -0.3 is 4.90 Å². The van der Waals surface area contributed by atoms with E-state index in [9.17, 15) is 13.6 Å². The largest absolute Gasteiger partial charge is 0.347 e. The van der Waals surface area contributed by atoms with Crippen molar-refractivity contribution in [1.29, 1.82) is 0 Å². The summed E-state index contributed by atoms with van der Waals surface area (Å²) in [7, 11) is 3.36. The zero-order valence-electron chi connectivity index (χ0n) is 14.2. The van der Waals surface area contributed by atoms with Gasteiger partial charge in [-0.25, -0.2) is 8.78 Å². The van der Waals surface area contributed by atoms with E-state index in [0.717, 1.165) is 18.6 Å². The van der Waals surface area contributed by atoms with Crippen LogP contribution >= 0.6 is 0 Å². The Hall–Kier alpha value is -2.41. The van der Waals surface area contributed by atoms with Gasteiger partial charge in [0.1, 0.15) is 17.2 Å². The van der Waals surface area contributed by atoms with Crippen LogP contribution in [0.2, 0.25) is 0 Å². The molecule has 132 valence electrons. The fourth-order valence-electron chi connectivity index (χ4n) is 3.48. The van der Waals surface area contributed by atoms with Crippen molar-refractivity contribution in [2.45, 2.75) is 24.9 Å². The molecule has 1 amide bonds. The second-order valence-electron chi connectivity index (χ2n) is 6.41. The average Bonchev–Trinajstić information content (AvgIpc) is 3.02. The molecule has 1 aliphatic rings. The van der Waals surface area contributed by atoms with Crippen LogP contribution < -0.4 is 0 Å². The van der Waals surface area contributed by atoms with Gasteiger partial charge in [-0.15, -0.1) is 0 Å². The smallest absolute Gasteiger partial charge is 0.248 e. The fraction of sp³-hybridized carbons (Fsp3) is 0.389. The van der Waals surface area contributed by atoms with E-state index in [1.807, 2.05) is 4.90 Å². The molecule has 0 N–H and O–H groups in total. The van der Waals surface area contributed by atoms with E-state index >= 15 is 0 Å². The molecular formula is C18H20F2N4O. The average molecular weight is 346 g/mol. The van der Waals surface area contributed by atoms with Crippen molar-refractivity contribution >= 4 is 5.91 Å². The highest BCUT2D eigenvalue weighted by Gasteiger charge is 2.51. The zero-order chi connectivity index (χ0) is 18.0. The maximum absolute atomic E-state index is 14.1. The van der Waals surface area contributed by atoms with Gasteiger partial charge in [0.2, 0.25) is 5.91 Å². The van der Waals surface area contributed by atoms with Crippen LogP contribution in [0.1, 0.15) is 24.1 Å². The number of hydrogen-bond donors (Lipinski definition) is 0. The molecular weight excluding hydrogens is 326 g/mol. The second-order valence-corrected chi connectivity index (χ2v) is 6.41. The van der Waals surface area contributed by atoms with Crippen molar-refractivity contribution in [3.05, 3.63) is 59.7 Å². The SMILES string of the molecule is CN(C)C(=O)[C@@]1(c2cnccn2)CCCN1Cc1cc(F)ccc1F. The summed E-state index contributed by atoms with van der Waals surface area (Å²) in [5, 5.41) is 0. The van der Waals surface area contributed by atoms with E-state index in [-0.39, 0.29) is 18.0 Å². The third kappa shape index (κ3) is 3.11. The Labute approximate surface area is 145 Å². The number of likely N-dealkylation sites (tertiary alicyclic amines) is 1. The predicted octanol–water partition coefficient (Wildman–Crippen LogP) is 2.33. The van der Waals surface area contributed by atoms with Gasteiger partial charge >= 0.3 is 0 Å². The van der Waals surface area contributed by atoms with Gasteiger partial charge in [-0.1, -0.05) is 0 Å². The van der Waals surface area contributed by atoms with Gasteiger partial charge in [0, 0.05) is 38.6 Å². The molecule has 1 atom stereocenters. The molecule has 5 nitrogen and oxygen atoms in total. The molecule has 0 spiro atoms. The fourth-order valence-corrected chi connectivity index (χ4v) is 3.48. The lowest BCUT2D eigenvalue weighted by atomic mass is 9.90. The minimum atomic E-state index is -1.02. The summed E-state index contributed by atoms with van der Waals surface area (Å²) in [6, 6.07) is 3.37. The molecule has 7 heteroatoms. The number of nitrogens with zero attached hydrogens (tertiary/aromatic N) is 4. The first-order valence-corrected chi connectivity index (χ1v) is 8.12. The van der Waals surface area contributed by atoms with Crippen molar-refractivity contribution in [1.82, 2.24) is 19.8 Å². The number of aromatic nitrogens is 2. The standard InChI is InChI=1S/C18H20F2N4O/c1-23(2)17(25)18(16-11-21-7-8-22-16)6-3-9-24(18)12-13-10-14(19)4-5-15(13)20/h4-5,7-8,10-11H,3,6,9,12H2,1-2H3/t18-/m0/s1. The van der Waals surface area contributed by atoms with Gasteiger partial charge in [-0.2, -0.15) is 0 Å². The van der Waals surface area contributed by atoms with Gasteiger partial charge in [0.15, 0.2) is 0 Å². The molecule has 1 aromatic heterocycles. The van der Waals surface area contributed by atoms with E-state index < -0.39 is 17.2 Å². The van der Waals surface area contributed by atoms with Crippen molar-refractivity contribution in [3.8, 4) is 0 Å². The molecule has 25 heavy (non-hydrogen) atoms. The number of carbonyl (C=O) groups excluding carboxylic acids is 1. The summed E-state index contributed by atoms with van der Waals surface area (Å²) in [6.07, 6.45) is 5.97. The Kier molecular flexibility index (Phi) is 4.76. The third-order valence-electron chi connectivity index (χ3n) is 4.62. The summed E-state index contributed by atoms with van der Waals surface area (Å²) in [5.74, 6) is -1.12. The van der Waals surface area contributed by atoms with E-state index in [1.54, 1.807) is 32.7 Å². The topological polar surface area (TPSA) is 49.3 Å². The number of rotatable bonds is 4. The lowest BCUT2D eigenvalue weighted by molar-refractivity contribution is -0.141. The summed E-state index contributed by atoms with van der Waals surface area (Å²) < 4.78 is 27.7. The monoisotopic (exact) mass is 346 g/mol. The van der Waals surface area contributed by atoms with Crippen molar-refractivity contribution in [2.24, 2.45) is 0 Å². The van der Waals surface area contributed by atoms with Crippen molar-refractivity contribution in [2.75, 3.05) is 20.6 Å². The number of likely N-dealkylation sites (N-methyl/N-ethyl adjacent to an activating group) is 1. The number of carbonyl (C=O) groups is 1. The minimum Gasteiger partial charge on any atom is -0.347 e. The van der Waals surface area contributed by atoms with Crippen molar-refractivity contribution in [3.63, 3.8) is 0 Å². The Balaban J connectivity index is 2.04. The highest BCUT2D eigenvalue weighted by molar-refractivity contribution is 5.87. The first-order chi connectivity index (χ1) is 11.9. The number of halogens is 2. The quantitative estimate of drug-likeness (QED) is 0.853. The normalized spacial score (nSPS) is 20.6. The van der Waals surface area contributed by atoms with Gasteiger partial charge in [0.25, 0.3) is 0 Å². The summed E-state index contributed by atoms with van der Waals surface area (Å²) in [5.41, 5.74) is -0.263. The van der Waals surface area contributed by atoms with Crippen LogP contribution in [0.4, 0.5) is 8.78 Å². The summed E-state index contributed by atoms with van der Waals surface area (Å²) in [6.45, 7) is 0.714. The number of hydrogen-bond acceptors (Lipinski definition) is 4. The molecule has 3 rings (SSSR count). The van der Waals surface area contributed by atoms with Crippen molar-refractivity contribution < 1.29 is 13.6 Å². The molecule has 1 saturated heterocycles. The Morgan fingerprint density at radius 2 is 2.12 bits per heavy atom. The maximum atomic E-state index is 14.1. The molecule has 1 aromatic carbocycles. The van der Waals surface area contributed by atoms with Crippen LogP contribution in [0.5, 0.6) is 0 Å². The highest BCUT2D eigenvalue weighted by Crippen LogP contribution is 2.40. The summed E-state index contributed by atoms with van der Waals surface area (Å²) >= 11 is 0. The maximum Gasteiger partial charge on any atom is 0.248 e. The highest BCUT2D eigenvalue weighted by atomic mass is 19.1. The predicted molar refractivity (Wildman–Crippen MR) is 88.4 cm³/mol. The number of amides is 1. The Morgan fingerprint density at radius 1 is 1.32 bits per heavy atom. The van der Waals surface area contributed by atoms with Crippen LogP contribution in [0.25, 0.3) is 0 Å². The number of benzene rings is 1. The molecule has 0 bridgehead atoms. The molecule has 0 radical (unpaired) electrons. The second kappa shape index (κ2) is 6.84. The zero-order valence-corrected chi connectivity index (χ0v) is 14.2. The van der Waals surface area contributed by atoms with Gasteiger partial charge in [0.05, 0.1) is 11.9 Å². The third-order valence-corrected chi connectivity index (χ3v) is 4.62. The van der Waals surface area contributed by atoms with Crippen LogP contribution in [-0.4, -0.2) is 46.3 Å². The Bertz CT molecular complexity index is 769. The lowest BCUT2D eigenvalue weighted by Gasteiger charge is -2.38. The van der Waals surface area contributed by atoms with E-state index in [1.165, 1.54) is 11.0 Å². The van der Waals surface area contributed by atoms with Crippen LogP contribution in [0.15, 0.2) is 36.8 Å². The molecule has 0 unspecified atom stereocenters. The first-order valence-electron chi connectivity index (χ1n) is 8.12. The first kappa shape index (κ1) is 17.4.